The minimum atomic E-state index is -0.0640. The van der Waals surface area contributed by atoms with Crippen LogP contribution in [0.25, 0.3) is 22.6 Å². The number of amides is 2. The van der Waals surface area contributed by atoms with Crippen molar-refractivity contribution in [3.8, 4) is 17.3 Å². The van der Waals surface area contributed by atoms with Crippen LogP contribution in [0.4, 0.5) is 5.69 Å². The van der Waals surface area contributed by atoms with Gasteiger partial charge in [-0.3, -0.25) is 9.59 Å². The second-order valence-electron chi connectivity index (χ2n) is 12.6. The van der Waals surface area contributed by atoms with E-state index in [1.165, 1.54) is 0 Å². The fraction of sp³-hybridized carbons (Fsp3) is 0.324. The summed E-state index contributed by atoms with van der Waals surface area (Å²) < 4.78 is 9.96. The Kier molecular flexibility index (Phi) is 8.09. The molecule has 46 heavy (non-hydrogen) atoms. The second kappa shape index (κ2) is 12.5. The quantitative estimate of drug-likeness (QED) is 0.223. The van der Waals surface area contributed by atoms with E-state index in [9.17, 15) is 9.59 Å². The van der Waals surface area contributed by atoms with Gasteiger partial charge in [-0.15, -0.1) is 0 Å². The number of carbonyl (C=O) groups excluding carboxylic acids is 2. The van der Waals surface area contributed by atoms with Crippen LogP contribution in [-0.4, -0.2) is 57.1 Å². The zero-order chi connectivity index (χ0) is 31.8. The van der Waals surface area contributed by atoms with Crippen LogP contribution in [0.15, 0.2) is 84.9 Å². The summed E-state index contributed by atoms with van der Waals surface area (Å²) in [4.78, 5) is 36.7. The normalized spacial score (nSPS) is 16.5. The third kappa shape index (κ3) is 5.78. The van der Waals surface area contributed by atoms with Crippen molar-refractivity contribution in [3.05, 3.63) is 102 Å². The Morgan fingerprint density at radius 1 is 0.978 bits per heavy atom. The van der Waals surface area contributed by atoms with Crippen molar-refractivity contribution in [1.82, 2.24) is 19.0 Å². The molecular weight excluding hydrogens is 576 g/mol. The first-order valence-corrected chi connectivity index (χ1v) is 16.1. The fourth-order valence-corrected chi connectivity index (χ4v) is 6.59. The molecule has 1 aliphatic heterocycles. The molecule has 1 saturated heterocycles. The van der Waals surface area contributed by atoms with Gasteiger partial charge < -0.3 is 29.4 Å². The molecule has 2 fully saturated rings. The Bertz CT molecular complexity index is 1880. The fourth-order valence-electron chi connectivity index (χ4n) is 6.59. The molecule has 0 bridgehead atoms. The predicted octanol–water partition coefficient (Wildman–Crippen LogP) is 5.87. The number of para-hydroxylation sites is 1. The van der Waals surface area contributed by atoms with Gasteiger partial charge in [-0.25, -0.2) is 4.98 Å². The summed E-state index contributed by atoms with van der Waals surface area (Å²) in [6.07, 6.45) is 4.10. The Morgan fingerprint density at radius 3 is 2.41 bits per heavy atom. The van der Waals surface area contributed by atoms with E-state index in [-0.39, 0.29) is 17.9 Å². The van der Waals surface area contributed by atoms with Crippen LogP contribution in [0.1, 0.15) is 52.1 Å². The molecule has 0 spiro atoms. The maximum absolute atomic E-state index is 14.5. The Balaban J connectivity index is 1.29. The van der Waals surface area contributed by atoms with E-state index in [2.05, 4.69) is 4.57 Å². The van der Waals surface area contributed by atoms with Crippen LogP contribution in [0.2, 0.25) is 0 Å². The van der Waals surface area contributed by atoms with Crippen LogP contribution in [-0.2, 0) is 20.1 Å². The molecule has 236 valence electrons. The van der Waals surface area contributed by atoms with Gasteiger partial charge in [0.2, 0.25) is 0 Å². The van der Waals surface area contributed by atoms with E-state index in [0.29, 0.717) is 53.9 Å². The summed E-state index contributed by atoms with van der Waals surface area (Å²) >= 11 is 0. The molecule has 3 aromatic carbocycles. The standard InChI is InChI=1S/C37H40N6O3/c1-40-34-30(20-27(21-33(34)46-2)36(44)41-19-9-12-28(38)24-41)39-35(40)31-17-18-32(43(31)23-26-15-16-26)37(45)42(29-13-7-4-8-14-29)22-25-10-5-3-6-11-25/h3-8,10-11,13-14,17-18,20-21,26,28H,9,12,15-16,19,22-24,38H2,1-2H3/t28-/m1/s1. The molecule has 0 unspecified atom stereocenters. The number of likely N-dealkylation sites (tertiary alicyclic amines) is 1. The first-order valence-electron chi connectivity index (χ1n) is 16.1. The molecule has 1 aliphatic carbocycles. The van der Waals surface area contributed by atoms with Gasteiger partial charge in [-0.1, -0.05) is 48.5 Å². The number of carbonyl (C=O) groups is 2. The number of imidazole rings is 1. The molecule has 2 aliphatic rings. The van der Waals surface area contributed by atoms with Gasteiger partial charge in [-0.2, -0.15) is 0 Å². The third-order valence-electron chi connectivity index (χ3n) is 9.21. The van der Waals surface area contributed by atoms with E-state index in [0.717, 1.165) is 54.7 Å². The lowest BCUT2D eigenvalue weighted by Gasteiger charge is -2.30. The molecule has 1 saturated carbocycles. The number of fused-ring (bicyclic) bond motifs is 1. The van der Waals surface area contributed by atoms with E-state index in [1.807, 2.05) is 100 Å². The number of anilines is 1. The third-order valence-corrected chi connectivity index (χ3v) is 9.21. The molecule has 0 radical (unpaired) electrons. The highest BCUT2D eigenvalue weighted by atomic mass is 16.5. The monoisotopic (exact) mass is 616 g/mol. The van der Waals surface area contributed by atoms with Crippen molar-refractivity contribution < 1.29 is 14.3 Å². The van der Waals surface area contributed by atoms with E-state index >= 15 is 0 Å². The SMILES string of the molecule is COc1cc(C(=O)N2CCC[C@@H](N)C2)cc2nc(-c3ccc(C(=O)N(Cc4ccccc4)c4ccccc4)n3CC3CC3)n(C)c12. The number of aromatic nitrogens is 3. The van der Waals surface area contributed by atoms with Crippen LogP contribution >= 0.6 is 0 Å². The molecule has 9 heteroatoms. The maximum atomic E-state index is 14.5. The number of benzene rings is 3. The number of methoxy groups -OCH3 is 1. The predicted molar refractivity (Wildman–Crippen MR) is 180 cm³/mol. The molecule has 2 N–H and O–H groups in total. The van der Waals surface area contributed by atoms with Crippen LogP contribution in [0, 0.1) is 5.92 Å². The number of piperidine rings is 1. The number of hydrogen-bond acceptors (Lipinski definition) is 5. The van der Waals surface area contributed by atoms with Gasteiger partial charge in [0.25, 0.3) is 11.8 Å². The van der Waals surface area contributed by atoms with Gasteiger partial charge in [-0.05, 0) is 73.6 Å². The lowest BCUT2D eigenvalue weighted by atomic mass is 10.0. The average Bonchev–Trinajstić information content (AvgIpc) is 3.72. The molecule has 7 rings (SSSR count). The number of rotatable bonds is 9. The maximum Gasteiger partial charge on any atom is 0.275 e. The minimum absolute atomic E-state index is 0.00792. The number of hydrogen-bond donors (Lipinski definition) is 1. The summed E-state index contributed by atoms with van der Waals surface area (Å²) in [7, 11) is 3.57. The number of nitrogens with two attached hydrogens (primary N) is 1. The number of aryl methyl sites for hydroxylation is 1. The van der Waals surface area contributed by atoms with Crippen LogP contribution < -0.4 is 15.4 Å². The first-order chi connectivity index (χ1) is 22.4. The second-order valence-corrected chi connectivity index (χ2v) is 12.6. The van der Waals surface area contributed by atoms with Crippen molar-refractivity contribution in [2.75, 3.05) is 25.1 Å². The zero-order valence-electron chi connectivity index (χ0n) is 26.4. The molecule has 1 atom stereocenters. The lowest BCUT2D eigenvalue weighted by Crippen LogP contribution is -2.45. The van der Waals surface area contributed by atoms with Gasteiger partial charge in [0.15, 0.2) is 5.82 Å². The Hall–Kier alpha value is -4.89. The van der Waals surface area contributed by atoms with Gasteiger partial charge in [0.05, 0.1) is 24.9 Å². The molecule has 9 nitrogen and oxygen atoms in total. The number of ether oxygens (including phenoxy) is 1. The smallest absolute Gasteiger partial charge is 0.275 e. The molecule has 2 amide bonds. The van der Waals surface area contributed by atoms with Crippen molar-refractivity contribution >= 4 is 28.5 Å². The van der Waals surface area contributed by atoms with E-state index in [1.54, 1.807) is 13.2 Å². The Labute approximate surface area is 269 Å². The highest BCUT2D eigenvalue weighted by molar-refractivity contribution is 6.06. The lowest BCUT2D eigenvalue weighted by molar-refractivity contribution is 0.0708. The molecule has 5 aromatic rings. The summed E-state index contributed by atoms with van der Waals surface area (Å²) in [5, 5.41) is 0. The average molecular weight is 617 g/mol. The van der Waals surface area contributed by atoms with Crippen molar-refractivity contribution in [1.29, 1.82) is 0 Å². The highest BCUT2D eigenvalue weighted by Gasteiger charge is 2.30. The topological polar surface area (TPSA) is 98.6 Å². The molecule has 3 heterocycles. The summed E-state index contributed by atoms with van der Waals surface area (Å²) in [6, 6.07) is 27.5. The minimum Gasteiger partial charge on any atom is -0.494 e. The van der Waals surface area contributed by atoms with Gasteiger partial charge in [0.1, 0.15) is 17.0 Å². The molecule has 2 aromatic heterocycles. The first kappa shape index (κ1) is 29.8. The zero-order valence-corrected chi connectivity index (χ0v) is 26.4. The Morgan fingerprint density at radius 2 is 1.72 bits per heavy atom. The number of nitrogens with zero attached hydrogens (tertiary/aromatic N) is 5. The molecular formula is C37H40N6O3. The summed E-state index contributed by atoms with van der Waals surface area (Å²) in [5.41, 5.74) is 11.6. The van der Waals surface area contributed by atoms with Crippen LogP contribution in [0.5, 0.6) is 5.75 Å². The largest absolute Gasteiger partial charge is 0.494 e. The van der Waals surface area contributed by atoms with Crippen LogP contribution in [0.3, 0.4) is 0 Å². The van der Waals surface area contributed by atoms with E-state index in [4.69, 9.17) is 15.5 Å². The highest BCUT2D eigenvalue weighted by Crippen LogP contribution is 2.37. The van der Waals surface area contributed by atoms with Crippen molar-refractivity contribution in [2.24, 2.45) is 18.7 Å². The van der Waals surface area contributed by atoms with Crippen molar-refractivity contribution in [3.63, 3.8) is 0 Å². The summed E-state index contributed by atoms with van der Waals surface area (Å²) in [5.74, 6) is 1.68. The van der Waals surface area contributed by atoms with Gasteiger partial charge in [0, 0.05) is 44.0 Å². The summed E-state index contributed by atoms with van der Waals surface area (Å²) in [6.45, 7) is 2.42. The van der Waals surface area contributed by atoms with Crippen molar-refractivity contribution in [2.45, 2.75) is 44.8 Å². The van der Waals surface area contributed by atoms with E-state index < -0.39 is 0 Å². The van der Waals surface area contributed by atoms with Gasteiger partial charge >= 0.3 is 0 Å².